The van der Waals surface area contributed by atoms with Crippen LogP contribution in [0.25, 0.3) is 0 Å². The van der Waals surface area contributed by atoms with E-state index < -0.39 is 20.8 Å². The van der Waals surface area contributed by atoms with Crippen molar-refractivity contribution in [2.45, 2.75) is 50.3 Å². The van der Waals surface area contributed by atoms with Crippen LogP contribution in [0.15, 0.2) is 47.4 Å². The summed E-state index contributed by atoms with van der Waals surface area (Å²) in [6.07, 6.45) is 6.83. The Bertz CT molecular complexity index is 805. The van der Waals surface area contributed by atoms with Gasteiger partial charge in [0.2, 0.25) is 0 Å². The summed E-state index contributed by atoms with van der Waals surface area (Å²) >= 11 is 0. The van der Waals surface area contributed by atoms with Crippen LogP contribution in [0.4, 0.5) is 0 Å². The zero-order valence-electron chi connectivity index (χ0n) is 15.3. The third-order valence-corrected chi connectivity index (χ3v) is 4.81. The van der Waals surface area contributed by atoms with Crippen molar-refractivity contribution in [2.24, 2.45) is 0 Å². The van der Waals surface area contributed by atoms with E-state index in [2.05, 4.69) is 6.92 Å². The van der Waals surface area contributed by atoms with Crippen LogP contribution in [0.2, 0.25) is 0 Å². The van der Waals surface area contributed by atoms with Crippen molar-refractivity contribution in [1.29, 1.82) is 0 Å². The smallest absolute Gasteiger partial charge is 0.871 e. The van der Waals surface area contributed by atoms with Gasteiger partial charge >= 0.3 is 51.4 Å². The molecule has 0 saturated carbocycles. The molecule has 26 heavy (non-hydrogen) atoms. The first-order valence-corrected chi connectivity index (χ1v) is 9.90. The Balaban J connectivity index is 0.00000338. The molecule has 0 heterocycles. The minimum absolute atomic E-state index is 0. The van der Waals surface area contributed by atoms with Crippen molar-refractivity contribution in [3.8, 4) is 17.2 Å². The molecule has 0 saturated heterocycles. The molecule has 2 rings (SSSR count). The SMILES string of the molecule is CCCCCCCc1cccc(Oc2cccc([O-])c2S(=O)(=O)O)c1.[K+]. The standard InChI is InChI=1S/C19H24O5S.K/c1-2-3-4-5-6-9-15-10-7-11-16(14-15)24-18-13-8-12-17(20)19(18)25(21,22)23;/h7-8,10-14,20H,2-6,9H2,1H3,(H,21,22,23);/q;+1/p-1. The summed E-state index contributed by atoms with van der Waals surface area (Å²) in [5.74, 6) is -0.538. The van der Waals surface area contributed by atoms with E-state index in [1.165, 1.54) is 37.8 Å². The quantitative estimate of drug-likeness (QED) is 0.388. The van der Waals surface area contributed by atoms with E-state index in [-0.39, 0.29) is 57.1 Å². The summed E-state index contributed by atoms with van der Waals surface area (Å²) < 4.78 is 37.7. The largest absolute Gasteiger partial charge is 1.00 e. The normalized spacial score (nSPS) is 11.0. The number of aryl methyl sites for hydroxylation is 1. The van der Waals surface area contributed by atoms with Crippen LogP contribution in [-0.2, 0) is 16.5 Å². The zero-order valence-corrected chi connectivity index (χ0v) is 19.2. The molecule has 0 atom stereocenters. The van der Waals surface area contributed by atoms with Gasteiger partial charge in [0, 0.05) is 0 Å². The van der Waals surface area contributed by atoms with Crippen LogP contribution >= 0.6 is 0 Å². The van der Waals surface area contributed by atoms with E-state index in [9.17, 15) is 18.1 Å². The number of benzene rings is 2. The Hall–Kier alpha value is -0.414. The second-order valence-corrected chi connectivity index (χ2v) is 7.33. The van der Waals surface area contributed by atoms with Crippen molar-refractivity contribution < 1.29 is 74.2 Å². The van der Waals surface area contributed by atoms with Gasteiger partial charge in [0.25, 0.3) is 10.1 Å². The maximum atomic E-state index is 11.8. The molecule has 0 aromatic heterocycles. The molecule has 1 N–H and O–H groups in total. The average molecular weight is 403 g/mol. The first kappa shape index (κ1) is 23.6. The summed E-state index contributed by atoms with van der Waals surface area (Å²) in [5, 5.41) is 11.8. The molecule has 0 radical (unpaired) electrons. The zero-order chi connectivity index (χ0) is 18.3. The molecule has 0 fully saturated rings. The summed E-state index contributed by atoms with van der Waals surface area (Å²) in [4.78, 5) is -0.736. The fourth-order valence-corrected chi connectivity index (χ4v) is 3.34. The van der Waals surface area contributed by atoms with Gasteiger partial charge in [-0.05, 0) is 36.6 Å². The van der Waals surface area contributed by atoms with Crippen molar-refractivity contribution in [3.05, 3.63) is 48.0 Å². The number of unbranched alkanes of at least 4 members (excludes halogenated alkanes) is 4. The van der Waals surface area contributed by atoms with Gasteiger partial charge in [-0.1, -0.05) is 62.6 Å². The van der Waals surface area contributed by atoms with E-state index in [4.69, 9.17) is 4.74 Å². The van der Waals surface area contributed by atoms with Gasteiger partial charge in [-0.3, -0.25) is 4.55 Å². The van der Waals surface area contributed by atoms with Crippen molar-refractivity contribution in [2.75, 3.05) is 0 Å². The molecule has 7 heteroatoms. The Morgan fingerprint density at radius 1 is 1.04 bits per heavy atom. The van der Waals surface area contributed by atoms with Gasteiger partial charge in [0.05, 0.1) is 0 Å². The first-order valence-electron chi connectivity index (χ1n) is 8.46. The minimum Gasteiger partial charge on any atom is -0.871 e. The Morgan fingerprint density at radius 3 is 2.42 bits per heavy atom. The second-order valence-electron chi connectivity index (χ2n) is 5.97. The van der Waals surface area contributed by atoms with E-state index in [1.54, 1.807) is 6.07 Å². The van der Waals surface area contributed by atoms with Gasteiger partial charge in [0.15, 0.2) is 0 Å². The number of hydrogen-bond acceptors (Lipinski definition) is 4. The summed E-state index contributed by atoms with van der Waals surface area (Å²) in [7, 11) is -4.65. The van der Waals surface area contributed by atoms with E-state index in [1.807, 2.05) is 18.2 Å². The third kappa shape index (κ3) is 7.30. The number of hydrogen-bond donors (Lipinski definition) is 1. The summed E-state index contributed by atoms with van der Waals surface area (Å²) in [5.41, 5.74) is 1.08. The molecule has 2 aromatic rings. The van der Waals surface area contributed by atoms with Crippen LogP contribution in [0.3, 0.4) is 0 Å². The number of ether oxygens (including phenoxy) is 1. The summed E-state index contributed by atoms with van der Waals surface area (Å²) in [6, 6.07) is 11.1. The van der Waals surface area contributed by atoms with Crippen molar-refractivity contribution >= 4 is 10.1 Å². The van der Waals surface area contributed by atoms with Gasteiger partial charge in [-0.15, -0.1) is 0 Å². The van der Waals surface area contributed by atoms with Crippen LogP contribution in [-0.4, -0.2) is 13.0 Å². The van der Waals surface area contributed by atoms with Crippen LogP contribution in [0.5, 0.6) is 17.2 Å². The third-order valence-electron chi connectivity index (χ3n) is 3.90. The predicted molar refractivity (Wildman–Crippen MR) is 94.7 cm³/mol. The second kappa shape index (κ2) is 11.4. The molecule has 136 valence electrons. The Labute approximate surface area is 198 Å². The molecule has 0 aliphatic carbocycles. The topological polar surface area (TPSA) is 86.7 Å². The van der Waals surface area contributed by atoms with Crippen molar-refractivity contribution in [1.82, 2.24) is 0 Å². The minimum atomic E-state index is -4.65. The maximum Gasteiger partial charge on any atom is 1.00 e. The predicted octanol–water partition coefficient (Wildman–Crippen LogP) is 1.32. The van der Waals surface area contributed by atoms with Crippen molar-refractivity contribution in [3.63, 3.8) is 0 Å². The molecule has 2 aromatic carbocycles. The maximum absolute atomic E-state index is 11.8. The molecule has 0 aliphatic heterocycles. The summed E-state index contributed by atoms with van der Waals surface area (Å²) in [6.45, 7) is 2.18. The van der Waals surface area contributed by atoms with Gasteiger partial charge in [-0.2, -0.15) is 8.42 Å². The van der Waals surface area contributed by atoms with Crippen LogP contribution in [0.1, 0.15) is 44.6 Å². The van der Waals surface area contributed by atoms with Gasteiger partial charge in [-0.25, -0.2) is 0 Å². The fraction of sp³-hybridized carbons (Fsp3) is 0.368. The average Bonchev–Trinajstić information content (AvgIpc) is 2.54. The van der Waals surface area contributed by atoms with Gasteiger partial charge < -0.3 is 9.84 Å². The molecular weight excluding hydrogens is 379 g/mol. The Kier molecular flexibility index (Phi) is 10.4. The van der Waals surface area contributed by atoms with Crippen LogP contribution in [0, 0.1) is 0 Å². The molecule has 0 spiro atoms. The fourth-order valence-electron chi connectivity index (χ4n) is 2.65. The first-order chi connectivity index (χ1) is 11.9. The van der Waals surface area contributed by atoms with Crippen LogP contribution < -0.4 is 61.2 Å². The number of rotatable bonds is 9. The molecule has 5 nitrogen and oxygen atoms in total. The molecule has 0 unspecified atom stereocenters. The molecule has 0 aliphatic rings. The molecule has 0 amide bonds. The monoisotopic (exact) mass is 402 g/mol. The molecular formula is C19H23KO5S. The molecule has 0 bridgehead atoms. The van der Waals surface area contributed by atoms with Gasteiger partial charge in [0.1, 0.15) is 16.4 Å². The Morgan fingerprint density at radius 2 is 1.73 bits per heavy atom. The van der Waals surface area contributed by atoms with E-state index in [0.29, 0.717) is 5.75 Å². The van der Waals surface area contributed by atoms with E-state index >= 15 is 0 Å². The van der Waals surface area contributed by atoms with E-state index in [0.717, 1.165) is 24.5 Å².